The van der Waals surface area contributed by atoms with Crippen molar-refractivity contribution in [1.82, 2.24) is 0 Å². The monoisotopic (exact) mass is 367 g/mol. The van der Waals surface area contributed by atoms with Gasteiger partial charge in [0, 0.05) is 0 Å². The van der Waals surface area contributed by atoms with Gasteiger partial charge in [-0.1, -0.05) is 33.6 Å². The summed E-state index contributed by atoms with van der Waals surface area (Å²) >= 11 is 0. The van der Waals surface area contributed by atoms with Gasteiger partial charge in [0.2, 0.25) is 0 Å². The summed E-state index contributed by atoms with van der Waals surface area (Å²) in [5.74, 6) is 1.86. The maximum Gasteiger partial charge on any atom is 0.0855 e. The Bertz CT molecular complexity index is 242. The maximum absolute atomic E-state index is 2.49. The fourth-order valence-electron chi connectivity index (χ4n) is 3.52. The zero-order valence-electron chi connectivity index (χ0n) is 13.6. The summed E-state index contributed by atoms with van der Waals surface area (Å²) in [6.07, 6.45) is 7.12. The zero-order chi connectivity index (χ0) is 13.3. The van der Waals surface area contributed by atoms with Gasteiger partial charge in [-0.3, -0.25) is 0 Å². The molecule has 1 rings (SSSR count). The highest BCUT2D eigenvalue weighted by molar-refractivity contribution is 4.86. The molecule has 0 aromatic rings. The summed E-state index contributed by atoms with van der Waals surface area (Å²) in [7, 11) is 6.96. The first kappa shape index (κ1) is 18.7. The van der Waals surface area contributed by atoms with Gasteiger partial charge in [0.1, 0.15) is 0 Å². The third-order valence-electron chi connectivity index (χ3n) is 5.39. The van der Waals surface area contributed by atoms with E-state index in [4.69, 9.17) is 0 Å². The summed E-state index contributed by atoms with van der Waals surface area (Å²) in [5.41, 5.74) is 0.572. The topological polar surface area (TPSA) is 0 Å². The molecule has 0 aromatic heterocycles. The van der Waals surface area contributed by atoms with E-state index in [-0.39, 0.29) is 24.0 Å². The van der Waals surface area contributed by atoms with Gasteiger partial charge in [-0.2, -0.15) is 0 Å². The van der Waals surface area contributed by atoms with Gasteiger partial charge < -0.3 is 28.5 Å². The van der Waals surface area contributed by atoms with Gasteiger partial charge in [0.15, 0.2) is 0 Å². The van der Waals surface area contributed by atoms with Crippen molar-refractivity contribution in [2.45, 2.75) is 65.8 Å². The van der Waals surface area contributed by atoms with Crippen molar-refractivity contribution in [1.29, 1.82) is 0 Å². The predicted octanol–water partition coefficient (Wildman–Crippen LogP) is 1.33. The molecule has 3 atom stereocenters. The molecular weight excluding hydrogens is 333 g/mol. The highest BCUT2D eigenvalue weighted by Gasteiger charge is 2.37. The van der Waals surface area contributed by atoms with Crippen molar-refractivity contribution in [3.05, 3.63) is 0 Å². The second-order valence-electron chi connectivity index (χ2n) is 8.01. The highest BCUT2D eigenvalue weighted by atomic mass is 127. The molecule has 1 nitrogen and oxygen atoms in total. The first-order valence-electron chi connectivity index (χ1n) is 7.45. The molecule has 3 unspecified atom stereocenters. The molecule has 0 aromatic carbocycles. The van der Waals surface area contributed by atoms with E-state index < -0.39 is 0 Å². The first-order valence-corrected chi connectivity index (χ1v) is 7.45. The predicted molar refractivity (Wildman–Crippen MR) is 77.0 cm³/mol. The van der Waals surface area contributed by atoms with E-state index in [1.54, 1.807) is 0 Å². The number of rotatable bonds is 4. The molecule has 18 heavy (non-hydrogen) atoms. The third kappa shape index (κ3) is 4.99. The fourth-order valence-corrected chi connectivity index (χ4v) is 3.52. The average molecular weight is 367 g/mol. The Morgan fingerprint density at radius 2 is 1.78 bits per heavy atom. The van der Waals surface area contributed by atoms with Gasteiger partial charge in [0.05, 0.1) is 27.2 Å². The minimum absolute atomic E-state index is 0. The molecule has 0 heterocycles. The Morgan fingerprint density at radius 3 is 2.22 bits per heavy atom. The summed E-state index contributed by atoms with van der Waals surface area (Å²) < 4.78 is 1.10. The molecule has 1 fully saturated rings. The minimum Gasteiger partial charge on any atom is -1.00 e. The number of hydrogen-bond acceptors (Lipinski definition) is 0. The first-order chi connectivity index (χ1) is 7.64. The largest absolute Gasteiger partial charge is 1.00 e. The van der Waals surface area contributed by atoms with Crippen LogP contribution in [0.5, 0.6) is 0 Å². The molecule has 1 saturated carbocycles. The summed E-state index contributed by atoms with van der Waals surface area (Å²) in [5, 5.41) is 0. The number of nitrogens with zero attached hydrogens (tertiary/aromatic N) is 1. The van der Waals surface area contributed by atoms with E-state index in [1.807, 2.05) is 0 Å². The minimum atomic E-state index is 0. The van der Waals surface area contributed by atoms with Crippen LogP contribution in [0.15, 0.2) is 0 Å². The van der Waals surface area contributed by atoms with Crippen LogP contribution in [0.25, 0.3) is 0 Å². The summed E-state index contributed by atoms with van der Waals surface area (Å²) in [4.78, 5) is 0. The van der Waals surface area contributed by atoms with Crippen molar-refractivity contribution in [2.24, 2.45) is 17.3 Å². The van der Waals surface area contributed by atoms with E-state index in [1.165, 1.54) is 32.1 Å². The van der Waals surface area contributed by atoms with Crippen LogP contribution in [0.3, 0.4) is 0 Å². The van der Waals surface area contributed by atoms with Crippen LogP contribution >= 0.6 is 0 Å². The summed E-state index contributed by atoms with van der Waals surface area (Å²) in [6, 6.07) is 0.778. The number of halogens is 1. The van der Waals surface area contributed by atoms with E-state index in [0.29, 0.717) is 5.41 Å². The van der Waals surface area contributed by atoms with Gasteiger partial charge in [-0.25, -0.2) is 0 Å². The molecule has 0 bridgehead atoms. The number of hydrogen-bond donors (Lipinski definition) is 0. The van der Waals surface area contributed by atoms with Gasteiger partial charge in [0.25, 0.3) is 0 Å². The lowest BCUT2D eigenvalue weighted by molar-refractivity contribution is -0.894. The molecule has 0 radical (unpaired) electrons. The normalized spacial score (nSPS) is 29.5. The lowest BCUT2D eigenvalue weighted by atomic mass is 9.62. The number of quaternary nitrogens is 1. The lowest BCUT2D eigenvalue weighted by Crippen LogP contribution is -3.00. The van der Waals surface area contributed by atoms with Crippen molar-refractivity contribution in [2.75, 3.05) is 21.1 Å². The Balaban J connectivity index is 0.00000289. The summed E-state index contributed by atoms with van der Waals surface area (Å²) in [6.45, 7) is 9.86. The molecule has 110 valence electrons. The van der Waals surface area contributed by atoms with E-state index in [9.17, 15) is 0 Å². The second-order valence-corrected chi connectivity index (χ2v) is 8.01. The zero-order valence-corrected chi connectivity index (χ0v) is 15.8. The molecule has 0 spiro atoms. The lowest BCUT2D eigenvalue weighted by Gasteiger charge is -2.44. The van der Waals surface area contributed by atoms with Crippen LogP contribution < -0.4 is 24.0 Å². The van der Waals surface area contributed by atoms with E-state index >= 15 is 0 Å². The van der Waals surface area contributed by atoms with Gasteiger partial charge >= 0.3 is 0 Å². The average Bonchev–Trinajstić information content (AvgIpc) is 2.14. The smallest absolute Gasteiger partial charge is 0.0855 e. The molecule has 0 saturated heterocycles. The quantitative estimate of drug-likeness (QED) is 0.520. The highest BCUT2D eigenvalue weighted by Crippen LogP contribution is 2.46. The molecular formula is C16H34IN. The Kier molecular flexibility index (Phi) is 7.18. The van der Waals surface area contributed by atoms with Crippen LogP contribution in [0, 0.1) is 17.3 Å². The van der Waals surface area contributed by atoms with Crippen molar-refractivity contribution >= 4 is 0 Å². The molecule has 1 aliphatic carbocycles. The van der Waals surface area contributed by atoms with Crippen molar-refractivity contribution < 1.29 is 28.5 Å². The van der Waals surface area contributed by atoms with E-state index in [0.717, 1.165) is 22.4 Å². The van der Waals surface area contributed by atoms with Crippen LogP contribution in [0.2, 0.25) is 0 Å². The fraction of sp³-hybridized carbons (Fsp3) is 1.00. The standard InChI is InChI=1S/C16H34N.HI/c1-13-9-8-12-16(3,4)15(13)11-10-14(2)17(5,6)7;/h13-15H,8-12H2,1-7H3;1H/q+1;/p-1. The Hall–Kier alpha value is 0.690. The molecule has 0 aliphatic heterocycles. The van der Waals surface area contributed by atoms with Crippen molar-refractivity contribution in [3.8, 4) is 0 Å². The Labute approximate surface area is 132 Å². The molecule has 1 aliphatic rings. The molecule has 2 heteroatoms. The molecule has 0 N–H and O–H groups in total. The van der Waals surface area contributed by atoms with Gasteiger partial charge in [-0.05, 0) is 43.4 Å². The second kappa shape index (κ2) is 6.92. The van der Waals surface area contributed by atoms with Crippen LogP contribution in [-0.4, -0.2) is 31.7 Å². The van der Waals surface area contributed by atoms with Crippen LogP contribution in [0.4, 0.5) is 0 Å². The van der Waals surface area contributed by atoms with Crippen LogP contribution in [0.1, 0.15) is 59.8 Å². The van der Waals surface area contributed by atoms with Crippen LogP contribution in [-0.2, 0) is 0 Å². The maximum atomic E-state index is 2.49. The third-order valence-corrected chi connectivity index (χ3v) is 5.39. The van der Waals surface area contributed by atoms with Gasteiger partial charge in [-0.15, -0.1) is 0 Å². The van der Waals surface area contributed by atoms with E-state index in [2.05, 4.69) is 48.8 Å². The SMILES string of the molecule is CC1CCCC(C)(C)C1CCC(C)[N+](C)(C)C.[I-]. The Morgan fingerprint density at radius 1 is 1.22 bits per heavy atom. The molecule has 0 amide bonds. The van der Waals surface area contributed by atoms with Crippen molar-refractivity contribution in [3.63, 3.8) is 0 Å².